The van der Waals surface area contributed by atoms with Crippen LogP contribution in [0.15, 0.2) is 0 Å². The zero-order chi connectivity index (χ0) is 44.5. The van der Waals surface area contributed by atoms with E-state index in [1.165, 1.54) is 206 Å². The molecule has 59 heavy (non-hydrogen) atoms. The SMILES string of the molecule is CC(CCCC(=O)[O-])C(=O)[O-].CC(CCCC(=O)[O-])C(=O)[O-].CCCCCCCCCCCCCCCCC[CH2][Sn+4][CH2]CCCCCCCCCCCCCCCCC. The first-order chi connectivity index (χ1) is 28.5. The van der Waals surface area contributed by atoms with Gasteiger partial charge >= 0.3 is 171 Å². The van der Waals surface area contributed by atoms with E-state index >= 15 is 0 Å². The van der Waals surface area contributed by atoms with Crippen molar-refractivity contribution in [3.8, 4) is 0 Å². The summed E-state index contributed by atoms with van der Waals surface area (Å²) < 4.78 is 3.33. The van der Waals surface area contributed by atoms with Gasteiger partial charge in [0.15, 0.2) is 0 Å². The van der Waals surface area contributed by atoms with Gasteiger partial charge in [-0.25, -0.2) is 0 Å². The van der Waals surface area contributed by atoms with Crippen LogP contribution < -0.4 is 20.4 Å². The van der Waals surface area contributed by atoms with E-state index in [0.717, 1.165) is 0 Å². The van der Waals surface area contributed by atoms with E-state index < -0.39 is 35.7 Å². The summed E-state index contributed by atoms with van der Waals surface area (Å²) in [5.41, 5.74) is 0. The fourth-order valence-corrected chi connectivity index (χ4v) is 10.6. The van der Waals surface area contributed by atoms with Gasteiger partial charge in [-0.2, -0.15) is 0 Å². The van der Waals surface area contributed by atoms with E-state index in [0.29, 0.717) is 25.7 Å². The van der Waals surface area contributed by atoms with Gasteiger partial charge in [0.05, 0.1) is 0 Å². The number of rotatable bonds is 44. The smallest absolute Gasteiger partial charge is 0.0654 e. The van der Waals surface area contributed by atoms with Crippen LogP contribution in [0.3, 0.4) is 0 Å². The molecular weight excluding hydrogens is 847 g/mol. The number of carboxylic acid groups (broad SMARTS) is 4. The first kappa shape index (κ1) is 62.0. The predicted octanol–water partition coefficient (Wildman–Crippen LogP) is 10.6. The number of carbonyl (C=O) groups excluding carboxylic acids is 4. The third-order valence-corrected chi connectivity index (χ3v) is 15.3. The maximum absolute atomic E-state index is 10.1. The number of unbranched alkanes of at least 4 members (excludes halogenated alkanes) is 30. The van der Waals surface area contributed by atoms with E-state index in [4.69, 9.17) is 0 Å². The van der Waals surface area contributed by atoms with Crippen molar-refractivity contribution < 1.29 is 39.6 Å². The Morgan fingerprint density at radius 1 is 0.339 bits per heavy atom. The fraction of sp³-hybridized carbons (Fsp3) is 0.920. The second kappa shape index (κ2) is 52.8. The van der Waals surface area contributed by atoms with Gasteiger partial charge in [0.25, 0.3) is 0 Å². The third kappa shape index (κ3) is 61.1. The molecule has 0 heterocycles. The zero-order valence-electron chi connectivity index (χ0n) is 39.2. The third-order valence-electron chi connectivity index (χ3n) is 11.3. The molecule has 0 aromatic carbocycles. The van der Waals surface area contributed by atoms with Crippen LogP contribution in [0.1, 0.15) is 272 Å². The Bertz CT molecular complexity index is 828. The Morgan fingerprint density at radius 3 is 0.729 bits per heavy atom. The maximum atomic E-state index is 10.1. The monoisotopic (exact) mass is 943 g/mol. The van der Waals surface area contributed by atoms with Crippen molar-refractivity contribution in [2.24, 2.45) is 11.8 Å². The normalized spacial score (nSPS) is 11.9. The molecule has 0 amide bonds. The fourth-order valence-electron chi connectivity index (χ4n) is 7.06. The summed E-state index contributed by atoms with van der Waals surface area (Å²) in [6.07, 6.45) is 49.0. The van der Waals surface area contributed by atoms with Crippen LogP contribution in [-0.4, -0.2) is 45.0 Å². The van der Waals surface area contributed by atoms with E-state index in [1.54, 1.807) is 21.7 Å². The van der Waals surface area contributed by atoms with Crippen molar-refractivity contribution in [1.82, 2.24) is 0 Å². The van der Waals surface area contributed by atoms with Gasteiger partial charge in [-0.05, 0) is 50.4 Å². The average molecular weight is 942 g/mol. The molecular formula is C50H94O8Sn. The Labute approximate surface area is 375 Å². The molecule has 0 aliphatic rings. The van der Waals surface area contributed by atoms with Crippen molar-refractivity contribution in [2.75, 3.05) is 0 Å². The van der Waals surface area contributed by atoms with Crippen LogP contribution in [0, 0.1) is 11.8 Å². The van der Waals surface area contributed by atoms with Crippen LogP contribution in [0.5, 0.6) is 0 Å². The number of carboxylic acids is 4. The summed E-state index contributed by atoms with van der Waals surface area (Å²) in [4.78, 5) is 40.0. The van der Waals surface area contributed by atoms with E-state index in [2.05, 4.69) is 13.8 Å². The Morgan fingerprint density at radius 2 is 0.542 bits per heavy atom. The molecule has 8 nitrogen and oxygen atoms in total. The van der Waals surface area contributed by atoms with E-state index in [-0.39, 0.29) is 34.0 Å². The Kier molecular flexibility index (Phi) is 55.5. The van der Waals surface area contributed by atoms with Gasteiger partial charge < -0.3 is 39.6 Å². The van der Waals surface area contributed by atoms with Gasteiger partial charge in [0.2, 0.25) is 0 Å². The Balaban J connectivity index is -0.00000115. The first-order valence-corrected chi connectivity index (χ1v) is 29.0. The van der Waals surface area contributed by atoms with E-state index in [9.17, 15) is 39.6 Å². The van der Waals surface area contributed by atoms with Crippen LogP contribution in [0.2, 0.25) is 8.87 Å². The molecule has 6 radical (unpaired) electrons. The van der Waals surface area contributed by atoms with Gasteiger partial charge in [0, 0.05) is 23.9 Å². The molecule has 0 rings (SSSR count). The predicted molar refractivity (Wildman–Crippen MR) is 241 cm³/mol. The van der Waals surface area contributed by atoms with Crippen molar-refractivity contribution in [1.29, 1.82) is 0 Å². The summed E-state index contributed by atoms with van der Waals surface area (Å²) in [6, 6.07) is 0. The summed E-state index contributed by atoms with van der Waals surface area (Å²) in [6.45, 7) is 7.60. The van der Waals surface area contributed by atoms with E-state index in [1.807, 2.05) is 0 Å². The van der Waals surface area contributed by atoms with Gasteiger partial charge in [-0.15, -0.1) is 0 Å². The average Bonchev–Trinajstić information content (AvgIpc) is 3.19. The van der Waals surface area contributed by atoms with Crippen LogP contribution >= 0.6 is 0 Å². The van der Waals surface area contributed by atoms with Gasteiger partial charge in [0.1, 0.15) is 0 Å². The van der Waals surface area contributed by atoms with Crippen molar-refractivity contribution in [3.05, 3.63) is 0 Å². The second-order valence-corrected chi connectivity index (χ2v) is 21.6. The molecule has 0 N–H and O–H groups in total. The minimum Gasteiger partial charge on any atom is -0.0654 e. The summed E-state index contributed by atoms with van der Waals surface area (Å²) in [5, 5.41) is 40.0. The molecule has 9 heteroatoms. The zero-order valence-corrected chi connectivity index (χ0v) is 42.1. The van der Waals surface area contributed by atoms with Gasteiger partial charge in [-0.1, -0.05) is 91.9 Å². The second-order valence-electron chi connectivity index (χ2n) is 17.3. The first-order valence-electron chi connectivity index (χ1n) is 25.0. The molecule has 0 aliphatic carbocycles. The minimum atomic E-state index is -1.14. The summed E-state index contributed by atoms with van der Waals surface area (Å²) >= 11 is 0.00985. The summed E-state index contributed by atoms with van der Waals surface area (Å²) in [7, 11) is 0. The number of hydrogen-bond donors (Lipinski definition) is 0. The van der Waals surface area contributed by atoms with Crippen molar-refractivity contribution >= 4 is 45.0 Å². The van der Waals surface area contributed by atoms with Crippen LogP contribution in [-0.2, 0) is 19.2 Å². The molecule has 346 valence electrons. The number of hydrogen-bond acceptors (Lipinski definition) is 8. The Hall–Kier alpha value is -1.32. The molecule has 0 saturated carbocycles. The molecule has 0 aliphatic heterocycles. The molecule has 0 bridgehead atoms. The number of carbonyl (C=O) groups is 4. The molecule has 0 fully saturated rings. The molecule has 2 unspecified atom stereocenters. The van der Waals surface area contributed by atoms with Crippen molar-refractivity contribution in [3.63, 3.8) is 0 Å². The molecule has 0 saturated heterocycles. The summed E-state index contributed by atoms with van der Waals surface area (Å²) in [5.74, 6) is -5.71. The van der Waals surface area contributed by atoms with Crippen LogP contribution in [0.25, 0.3) is 0 Å². The standard InChI is InChI=1S/2C18H37.2C7H12O4.Sn/c2*1-3-5-7-9-11-13-15-17-18-16-14-12-10-8-6-4-2;2*1-5(7(10)11)3-2-4-6(8)9;/h2*1,3-18H2,2H3;2*5H,2-4H2,1H3,(H,8,9)(H,10,11);/q;;;;+4/p-4. The molecule has 0 aromatic heterocycles. The van der Waals surface area contributed by atoms with Gasteiger partial charge in [-0.3, -0.25) is 0 Å². The quantitative estimate of drug-likeness (QED) is 0.0431. The molecule has 0 spiro atoms. The van der Waals surface area contributed by atoms with Crippen molar-refractivity contribution in [2.45, 2.75) is 281 Å². The topological polar surface area (TPSA) is 161 Å². The molecule has 2 atom stereocenters. The number of aliphatic carboxylic acids is 4. The molecule has 0 aromatic rings. The van der Waals surface area contributed by atoms with Crippen LogP contribution in [0.4, 0.5) is 0 Å². The minimum absolute atomic E-state index is 0.00985.